The minimum Gasteiger partial charge on any atom is -0.404 e. The first kappa shape index (κ1) is 25.9. The lowest BCUT2D eigenvalue weighted by molar-refractivity contribution is -0.274. The summed E-state index contributed by atoms with van der Waals surface area (Å²) in [5.74, 6) is -2.19. The molecule has 0 aliphatic heterocycles. The Morgan fingerprint density at radius 3 is 2.43 bits per heavy atom. The molecule has 0 aromatic heterocycles. The summed E-state index contributed by atoms with van der Waals surface area (Å²) in [7, 11) is 2.71. The van der Waals surface area contributed by atoms with Crippen LogP contribution in [0.15, 0.2) is 36.4 Å². The van der Waals surface area contributed by atoms with Gasteiger partial charge in [0.2, 0.25) is 0 Å². The largest absolute Gasteiger partial charge is 0.573 e. The lowest BCUT2D eigenvalue weighted by atomic mass is 9.76. The molecule has 2 aromatic rings. The van der Waals surface area contributed by atoms with Gasteiger partial charge >= 0.3 is 6.36 Å². The standard InChI is InChI=1S/C23H20F4N4O3S/c1-29-20(33)16-6-5-15(11-17(16)24)31(22(13-32)8-3-9-22)21(35)30(2)18-7-4-14(12-28)10-19(18)34-23(25,26)27/h4-7,10-11,13H,3,8-9H2,1-2H3,(H,29,33). The summed E-state index contributed by atoms with van der Waals surface area (Å²) in [6, 6.07) is 8.86. The molecule has 12 heteroatoms. The molecule has 0 bridgehead atoms. The molecule has 1 amide bonds. The molecule has 0 radical (unpaired) electrons. The smallest absolute Gasteiger partial charge is 0.404 e. The van der Waals surface area contributed by atoms with Crippen molar-refractivity contribution < 1.29 is 31.9 Å². The number of hydrogen-bond acceptors (Lipinski definition) is 5. The van der Waals surface area contributed by atoms with Crippen LogP contribution < -0.4 is 19.9 Å². The zero-order valence-corrected chi connectivity index (χ0v) is 19.5. The average Bonchev–Trinajstić information content (AvgIpc) is 2.78. The number of nitriles is 1. The van der Waals surface area contributed by atoms with Crippen molar-refractivity contribution in [3.05, 3.63) is 53.3 Å². The third kappa shape index (κ3) is 5.19. The molecule has 3 rings (SSSR count). The number of alkyl halides is 3. The van der Waals surface area contributed by atoms with Gasteiger partial charge in [0, 0.05) is 25.8 Å². The maximum atomic E-state index is 14.8. The summed E-state index contributed by atoms with van der Waals surface area (Å²) in [5, 5.41) is 11.3. The van der Waals surface area contributed by atoms with Crippen molar-refractivity contribution in [1.82, 2.24) is 5.32 Å². The van der Waals surface area contributed by atoms with Crippen LogP contribution in [0.2, 0.25) is 0 Å². The molecule has 0 atom stereocenters. The molecule has 2 aromatic carbocycles. The highest BCUT2D eigenvalue weighted by molar-refractivity contribution is 7.80. The molecule has 1 aliphatic rings. The predicted octanol–water partition coefficient (Wildman–Crippen LogP) is 4.30. The van der Waals surface area contributed by atoms with Crippen molar-refractivity contribution in [2.75, 3.05) is 23.9 Å². The fraction of sp³-hybridized carbons (Fsp3) is 0.304. The Balaban J connectivity index is 2.09. The third-order valence-corrected chi connectivity index (χ3v) is 6.18. The molecule has 1 fully saturated rings. The number of carbonyl (C=O) groups is 2. The predicted molar refractivity (Wildman–Crippen MR) is 124 cm³/mol. The zero-order valence-electron chi connectivity index (χ0n) is 18.6. The number of nitrogens with one attached hydrogen (secondary N) is 1. The van der Waals surface area contributed by atoms with Crippen molar-refractivity contribution in [2.24, 2.45) is 0 Å². The first-order valence-electron chi connectivity index (χ1n) is 10.3. The Bertz CT molecular complexity index is 1210. The Kier molecular flexibility index (Phi) is 7.30. The molecule has 1 saturated carbocycles. The highest BCUT2D eigenvalue weighted by atomic mass is 32.1. The van der Waals surface area contributed by atoms with Crippen LogP contribution in [0, 0.1) is 17.1 Å². The van der Waals surface area contributed by atoms with Gasteiger partial charge in [0.25, 0.3) is 5.91 Å². The van der Waals surface area contributed by atoms with Crippen LogP contribution in [-0.2, 0) is 4.79 Å². The monoisotopic (exact) mass is 508 g/mol. The summed E-state index contributed by atoms with van der Waals surface area (Å²) >= 11 is 5.58. The molecule has 0 saturated heterocycles. The summed E-state index contributed by atoms with van der Waals surface area (Å²) in [5.41, 5.74) is -1.43. The molecule has 1 N–H and O–H groups in total. The van der Waals surface area contributed by atoms with Crippen molar-refractivity contribution in [2.45, 2.75) is 31.2 Å². The van der Waals surface area contributed by atoms with Gasteiger partial charge < -0.3 is 24.6 Å². The minimum absolute atomic E-state index is 0.0700. The number of rotatable bonds is 6. The number of amides is 1. The van der Waals surface area contributed by atoms with E-state index >= 15 is 0 Å². The van der Waals surface area contributed by atoms with E-state index in [1.807, 2.05) is 0 Å². The van der Waals surface area contributed by atoms with E-state index in [2.05, 4.69) is 10.1 Å². The van der Waals surface area contributed by atoms with E-state index in [4.69, 9.17) is 17.5 Å². The second-order valence-corrected chi connectivity index (χ2v) is 8.20. The minimum atomic E-state index is -5.04. The van der Waals surface area contributed by atoms with Gasteiger partial charge in [-0.05, 0) is 61.8 Å². The fourth-order valence-electron chi connectivity index (χ4n) is 3.77. The van der Waals surface area contributed by atoms with Crippen LogP contribution in [0.3, 0.4) is 0 Å². The summed E-state index contributed by atoms with van der Waals surface area (Å²) in [6.07, 6.45) is -2.93. The van der Waals surface area contributed by atoms with Crippen LogP contribution in [0.5, 0.6) is 5.75 Å². The molecule has 184 valence electrons. The number of thiocarbonyl (C=S) groups is 1. The van der Waals surface area contributed by atoms with Gasteiger partial charge in [-0.25, -0.2) is 4.39 Å². The van der Waals surface area contributed by atoms with Gasteiger partial charge in [-0.15, -0.1) is 13.2 Å². The number of ether oxygens (including phenoxy) is 1. The Hall–Kier alpha value is -3.72. The van der Waals surface area contributed by atoms with Gasteiger partial charge in [0.05, 0.1) is 22.9 Å². The van der Waals surface area contributed by atoms with Crippen molar-refractivity contribution in [1.29, 1.82) is 5.26 Å². The lowest BCUT2D eigenvalue weighted by Crippen LogP contribution is -2.60. The second kappa shape index (κ2) is 9.87. The average molecular weight is 508 g/mol. The van der Waals surface area contributed by atoms with E-state index in [0.717, 1.165) is 12.1 Å². The third-order valence-electron chi connectivity index (χ3n) is 5.72. The van der Waals surface area contributed by atoms with E-state index in [1.165, 1.54) is 48.2 Å². The van der Waals surface area contributed by atoms with Crippen molar-refractivity contribution >= 4 is 40.9 Å². The molecular formula is C23H20F4N4O3S. The molecule has 7 nitrogen and oxygen atoms in total. The van der Waals surface area contributed by atoms with Crippen LogP contribution >= 0.6 is 12.2 Å². The maximum absolute atomic E-state index is 14.8. The summed E-state index contributed by atoms with van der Waals surface area (Å²) in [4.78, 5) is 26.6. The summed E-state index contributed by atoms with van der Waals surface area (Å²) in [6.45, 7) is 0. The van der Waals surface area contributed by atoms with Crippen LogP contribution in [-0.4, -0.2) is 43.3 Å². The number of carbonyl (C=O) groups excluding carboxylic acids is 2. The number of aldehydes is 1. The molecule has 0 unspecified atom stereocenters. The number of benzene rings is 2. The van der Waals surface area contributed by atoms with E-state index in [9.17, 15) is 27.2 Å². The first-order chi connectivity index (χ1) is 16.5. The Labute approximate surface area is 203 Å². The topological polar surface area (TPSA) is 85.7 Å². The summed E-state index contributed by atoms with van der Waals surface area (Å²) < 4.78 is 58.0. The second-order valence-electron chi connectivity index (χ2n) is 7.84. The normalized spacial score (nSPS) is 14.2. The highest BCUT2D eigenvalue weighted by Crippen LogP contribution is 2.42. The maximum Gasteiger partial charge on any atom is 0.573 e. The van der Waals surface area contributed by atoms with E-state index in [0.29, 0.717) is 25.5 Å². The molecule has 35 heavy (non-hydrogen) atoms. The zero-order chi connectivity index (χ0) is 26.0. The van der Waals surface area contributed by atoms with Gasteiger partial charge in [-0.1, -0.05) is 0 Å². The Morgan fingerprint density at radius 2 is 1.94 bits per heavy atom. The quantitative estimate of drug-likeness (QED) is 0.354. The van der Waals surface area contributed by atoms with Crippen molar-refractivity contribution in [3.8, 4) is 11.8 Å². The molecule has 0 spiro atoms. The number of hydrogen-bond donors (Lipinski definition) is 1. The molecular weight excluding hydrogens is 488 g/mol. The van der Waals surface area contributed by atoms with Crippen LogP contribution in [0.4, 0.5) is 28.9 Å². The van der Waals surface area contributed by atoms with E-state index < -0.39 is 29.4 Å². The first-order valence-corrected chi connectivity index (χ1v) is 10.7. The van der Waals surface area contributed by atoms with Crippen LogP contribution in [0.1, 0.15) is 35.2 Å². The van der Waals surface area contributed by atoms with Gasteiger partial charge in [-0.3, -0.25) is 4.79 Å². The fourth-order valence-corrected chi connectivity index (χ4v) is 4.16. The van der Waals surface area contributed by atoms with Gasteiger partial charge in [0.15, 0.2) is 10.9 Å². The lowest BCUT2D eigenvalue weighted by Gasteiger charge is -2.49. The molecule has 1 aliphatic carbocycles. The molecule has 0 heterocycles. The van der Waals surface area contributed by atoms with E-state index in [-0.39, 0.29) is 27.6 Å². The van der Waals surface area contributed by atoms with Gasteiger partial charge in [-0.2, -0.15) is 5.26 Å². The Morgan fingerprint density at radius 1 is 1.26 bits per heavy atom. The van der Waals surface area contributed by atoms with Gasteiger partial charge in [0.1, 0.15) is 17.6 Å². The van der Waals surface area contributed by atoms with Crippen molar-refractivity contribution in [3.63, 3.8) is 0 Å². The van der Waals surface area contributed by atoms with Crippen LogP contribution in [0.25, 0.3) is 0 Å². The van der Waals surface area contributed by atoms with E-state index in [1.54, 1.807) is 6.07 Å². The highest BCUT2D eigenvalue weighted by Gasteiger charge is 2.46. The number of nitrogens with zero attached hydrogens (tertiary/aromatic N) is 3. The number of halogens is 4. The number of anilines is 2. The SMILES string of the molecule is CNC(=O)c1ccc(N(C(=S)N(C)c2ccc(C#N)cc2OC(F)(F)F)C2(C=O)CCC2)cc1F.